The summed E-state index contributed by atoms with van der Waals surface area (Å²) in [7, 11) is 1.92. The number of piperidine rings is 1. The number of aromatic nitrogens is 2. The lowest BCUT2D eigenvalue weighted by Crippen LogP contribution is -2.42. The number of halogens is 1. The maximum absolute atomic E-state index is 14.4. The van der Waals surface area contributed by atoms with Crippen molar-refractivity contribution in [3.63, 3.8) is 0 Å². The van der Waals surface area contributed by atoms with Crippen molar-refractivity contribution in [3.8, 4) is 0 Å². The highest BCUT2D eigenvalue weighted by molar-refractivity contribution is 5.88. The molecule has 2 aliphatic heterocycles. The Labute approximate surface area is 205 Å². The molecule has 2 aromatic rings. The zero-order valence-corrected chi connectivity index (χ0v) is 20.5. The number of anilines is 3. The molecule has 0 bridgehead atoms. The minimum absolute atomic E-state index is 0.0516. The lowest BCUT2D eigenvalue weighted by molar-refractivity contribution is -0.124. The molecule has 0 saturated carbocycles. The first-order valence-corrected chi connectivity index (χ1v) is 12.0. The van der Waals surface area contributed by atoms with Gasteiger partial charge in [0.05, 0.1) is 12.5 Å². The van der Waals surface area contributed by atoms with Crippen LogP contribution in [0.25, 0.3) is 0 Å². The van der Waals surface area contributed by atoms with E-state index in [-0.39, 0.29) is 24.1 Å². The van der Waals surface area contributed by atoms with Gasteiger partial charge in [-0.25, -0.2) is 14.4 Å². The lowest BCUT2D eigenvalue weighted by Gasteiger charge is -2.32. The predicted octanol–water partition coefficient (Wildman–Crippen LogP) is 3.49. The SMILES string of the molecule is Cc1nc(Nc2cc(C3C=C(F)CN(C)CC3)c(C)cc2C=N)cc(N2CCC(=O)C(CO)C2)n1. The number of rotatable bonds is 6. The van der Waals surface area contributed by atoms with Crippen LogP contribution >= 0.6 is 0 Å². The molecule has 8 nitrogen and oxygen atoms in total. The van der Waals surface area contributed by atoms with E-state index in [4.69, 9.17) is 5.41 Å². The number of ketones is 1. The van der Waals surface area contributed by atoms with E-state index in [1.165, 1.54) is 6.21 Å². The van der Waals surface area contributed by atoms with Crippen LogP contribution in [0.1, 0.15) is 41.3 Å². The second-order valence-corrected chi connectivity index (χ2v) is 9.51. The molecular weight excluding hydrogens is 447 g/mol. The summed E-state index contributed by atoms with van der Waals surface area (Å²) in [5.74, 6) is 1.32. The number of aliphatic hydroxyl groups is 1. The molecule has 0 aliphatic carbocycles. The monoisotopic (exact) mass is 480 g/mol. The summed E-state index contributed by atoms with van der Waals surface area (Å²) in [6.45, 7) is 5.70. The minimum Gasteiger partial charge on any atom is -0.396 e. The highest BCUT2D eigenvalue weighted by Crippen LogP contribution is 2.33. The molecule has 3 heterocycles. The molecule has 2 aliphatic rings. The Bertz CT molecular complexity index is 1150. The number of allylic oxidation sites excluding steroid dienone is 1. The van der Waals surface area contributed by atoms with Crippen molar-refractivity contribution in [3.05, 3.63) is 52.6 Å². The highest BCUT2D eigenvalue weighted by atomic mass is 19.1. The van der Waals surface area contributed by atoms with Gasteiger partial charge < -0.3 is 20.7 Å². The quantitative estimate of drug-likeness (QED) is 0.544. The van der Waals surface area contributed by atoms with E-state index in [0.717, 1.165) is 29.8 Å². The first-order valence-electron chi connectivity index (χ1n) is 12.0. The zero-order valence-electron chi connectivity index (χ0n) is 20.5. The number of likely N-dealkylation sites (N-methyl/N-ethyl adjacent to an activating group) is 1. The van der Waals surface area contributed by atoms with Crippen molar-refractivity contribution in [1.82, 2.24) is 14.9 Å². The average Bonchev–Trinajstić information content (AvgIpc) is 2.99. The molecule has 1 saturated heterocycles. The summed E-state index contributed by atoms with van der Waals surface area (Å²) < 4.78 is 14.4. The summed E-state index contributed by atoms with van der Waals surface area (Å²) in [4.78, 5) is 25.1. The standard InChI is InChI=1S/C26H33FN6O2/c1-16-8-19(12-28)23(10-22(16)18-4-6-32(3)14-21(27)9-18)31-25-11-26(30-17(2)29-25)33-7-5-24(35)20(13-33)15-34/h8-12,18,20,28,34H,4-7,13-15H2,1-3H3,(H,29,30,31). The molecule has 3 N–H and O–H groups in total. The number of hydrogen-bond acceptors (Lipinski definition) is 8. The first-order chi connectivity index (χ1) is 16.8. The van der Waals surface area contributed by atoms with Crippen LogP contribution in [-0.2, 0) is 4.79 Å². The average molecular weight is 481 g/mol. The maximum Gasteiger partial charge on any atom is 0.141 e. The molecule has 0 amide bonds. The van der Waals surface area contributed by atoms with Crippen molar-refractivity contribution >= 4 is 29.3 Å². The molecule has 4 rings (SSSR count). The van der Waals surface area contributed by atoms with Gasteiger partial charge in [-0.15, -0.1) is 0 Å². The third kappa shape index (κ3) is 5.74. The largest absolute Gasteiger partial charge is 0.396 e. The molecular formula is C26H33FN6O2. The number of aliphatic hydroxyl groups excluding tert-OH is 1. The van der Waals surface area contributed by atoms with Crippen LogP contribution in [0.3, 0.4) is 0 Å². The molecule has 186 valence electrons. The number of aryl methyl sites for hydroxylation is 2. The molecule has 0 spiro atoms. The topological polar surface area (TPSA) is 105 Å². The minimum atomic E-state index is -0.410. The van der Waals surface area contributed by atoms with E-state index in [2.05, 4.69) is 15.3 Å². The summed E-state index contributed by atoms with van der Waals surface area (Å²) in [6, 6.07) is 5.76. The Morgan fingerprint density at radius 3 is 2.80 bits per heavy atom. The van der Waals surface area contributed by atoms with Gasteiger partial charge in [-0.2, -0.15) is 0 Å². The van der Waals surface area contributed by atoms with E-state index >= 15 is 0 Å². The first kappa shape index (κ1) is 24.9. The molecule has 35 heavy (non-hydrogen) atoms. The maximum atomic E-state index is 14.4. The van der Waals surface area contributed by atoms with Gasteiger partial charge in [0, 0.05) is 55.5 Å². The van der Waals surface area contributed by atoms with Crippen molar-refractivity contribution in [2.75, 3.05) is 50.1 Å². The molecule has 0 radical (unpaired) electrons. The Morgan fingerprint density at radius 1 is 1.26 bits per heavy atom. The fourth-order valence-electron chi connectivity index (χ4n) is 4.86. The molecule has 1 aromatic heterocycles. The van der Waals surface area contributed by atoms with Gasteiger partial charge in [-0.1, -0.05) is 0 Å². The van der Waals surface area contributed by atoms with Crippen molar-refractivity contribution < 1.29 is 14.3 Å². The number of hydrogen-bond donors (Lipinski definition) is 3. The van der Waals surface area contributed by atoms with Gasteiger partial charge in [0.2, 0.25) is 0 Å². The number of carbonyl (C=O) groups excluding carboxylic acids is 1. The van der Waals surface area contributed by atoms with Crippen LogP contribution in [0, 0.1) is 25.2 Å². The Balaban J connectivity index is 1.65. The van der Waals surface area contributed by atoms with Crippen molar-refractivity contribution in [2.24, 2.45) is 5.92 Å². The van der Waals surface area contributed by atoms with Gasteiger partial charge in [0.15, 0.2) is 0 Å². The fraction of sp³-hybridized carbons (Fsp3) is 0.462. The predicted molar refractivity (Wildman–Crippen MR) is 136 cm³/mol. The second-order valence-electron chi connectivity index (χ2n) is 9.51. The Morgan fingerprint density at radius 2 is 2.06 bits per heavy atom. The Hall–Kier alpha value is -3.17. The molecule has 1 fully saturated rings. The fourth-order valence-corrected chi connectivity index (χ4v) is 4.86. The summed E-state index contributed by atoms with van der Waals surface area (Å²) >= 11 is 0. The zero-order chi connectivity index (χ0) is 25.1. The van der Waals surface area contributed by atoms with Crippen LogP contribution in [-0.4, -0.2) is 71.8 Å². The van der Waals surface area contributed by atoms with Crippen LogP contribution < -0.4 is 10.2 Å². The smallest absolute Gasteiger partial charge is 0.141 e. The van der Waals surface area contributed by atoms with E-state index in [0.29, 0.717) is 49.1 Å². The van der Waals surface area contributed by atoms with Gasteiger partial charge in [-0.05, 0) is 63.2 Å². The number of nitrogens with zero attached hydrogens (tertiary/aromatic N) is 4. The van der Waals surface area contributed by atoms with E-state index in [9.17, 15) is 14.3 Å². The number of nitrogens with one attached hydrogen (secondary N) is 2. The number of carbonyl (C=O) groups is 1. The van der Waals surface area contributed by atoms with Crippen molar-refractivity contribution in [1.29, 1.82) is 5.41 Å². The highest BCUT2D eigenvalue weighted by Gasteiger charge is 2.28. The molecule has 2 unspecified atom stereocenters. The summed E-state index contributed by atoms with van der Waals surface area (Å²) in [5, 5.41) is 20.8. The summed E-state index contributed by atoms with van der Waals surface area (Å²) in [6.07, 6.45) is 4.19. The second kappa shape index (κ2) is 10.6. The summed E-state index contributed by atoms with van der Waals surface area (Å²) in [5.41, 5.74) is 3.47. The molecule has 2 atom stereocenters. The van der Waals surface area contributed by atoms with Gasteiger partial charge in [-0.3, -0.25) is 9.69 Å². The normalized spacial score (nSPS) is 21.5. The lowest BCUT2D eigenvalue weighted by atomic mass is 9.90. The Kier molecular flexibility index (Phi) is 7.57. The third-order valence-electron chi connectivity index (χ3n) is 6.77. The van der Waals surface area contributed by atoms with Gasteiger partial charge in [0.25, 0.3) is 0 Å². The number of Topliss-reactive ketones (excluding diaryl/α,β-unsaturated/α-hetero) is 1. The van der Waals surface area contributed by atoms with Crippen LogP contribution in [0.4, 0.5) is 21.7 Å². The van der Waals surface area contributed by atoms with Gasteiger partial charge >= 0.3 is 0 Å². The van der Waals surface area contributed by atoms with E-state index < -0.39 is 5.92 Å². The van der Waals surface area contributed by atoms with E-state index in [1.54, 1.807) is 13.0 Å². The van der Waals surface area contributed by atoms with Gasteiger partial charge in [0.1, 0.15) is 29.1 Å². The van der Waals surface area contributed by atoms with Crippen molar-refractivity contribution in [2.45, 2.75) is 32.6 Å². The third-order valence-corrected chi connectivity index (χ3v) is 6.77. The van der Waals surface area contributed by atoms with Crippen LogP contribution in [0.2, 0.25) is 0 Å². The van der Waals surface area contributed by atoms with Crippen LogP contribution in [0.5, 0.6) is 0 Å². The molecule has 1 aromatic carbocycles. The number of benzene rings is 1. The van der Waals surface area contributed by atoms with E-state index in [1.807, 2.05) is 42.0 Å². The van der Waals surface area contributed by atoms with Crippen LogP contribution in [0.15, 0.2) is 30.1 Å². The molecule has 9 heteroatoms.